The predicted octanol–water partition coefficient (Wildman–Crippen LogP) is 2.94. The molecule has 0 saturated carbocycles. The van der Waals surface area contributed by atoms with Gasteiger partial charge in [0.05, 0.1) is 22.1 Å². The second-order valence-corrected chi connectivity index (χ2v) is 4.51. The molecule has 0 aliphatic rings. The molecule has 17 heavy (non-hydrogen) atoms. The third-order valence-electron chi connectivity index (χ3n) is 2.22. The number of rotatable bonds is 3. The smallest absolute Gasteiger partial charge is 0.237 e. The average molecular weight is 298 g/mol. The summed E-state index contributed by atoms with van der Waals surface area (Å²) in [5.41, 5.74) is 6.35. The maximum atomic E-state index is 11.4. The zero-order valence-electron chi connectivity index (χ0n) is 9.54. The second-order valence-electron chi connectivity index (χ2n) is 3.69. The van der Waals surface area contributed by atoms with Crippen molar-refractivity contribution in [3.05, 3.63) is 33.8 Å². The molecule has 0 radical (unpaired) electrons. The van der Waals surface area contributed by atoms with Gasteiger partial charge in [-0.25, -0.2) is 0 Å². The molecule has 0 saturated heterocycles. The van der Waals surface area contributed by atoms with Crippen LogP contribution in [0.2, 0.25) is 10.0 Å². The molecule has 2 unspecified atom stereocenters. The van der Waals surface area contributed by atoms with Crippen molar-refractivity contribution in [3.63, 3.8) is 0 Å². The quantitative estimate of drug-likeness (QED) is 0.901. The van der Waals surface area contributed by atoms with Crippen LogP contribution in [0.25, 0.3) is 0 Å². The Morgan fingerprint density at radius 2 is 1.88 bits per heavy atom. The van der Waals surface area contributed by atoms with E-state index in [4.69, 9.17) is 28.9 Å². The molecule has 0 spiro atoms. The minimum absolute atomic E-state index is 0. The van der Waals surface area contributed by atoms with E-state index in [1.54, 1.807) is 19.1 Å². The van der Waals surface area contributed by atoms with Gasteiger partial charge in [0, 0.05) is 0 Å². The highest BCUT2D eigenvalue weighted by atomic mass is 35.5. The van der Waals surface area contributed by atoms with Crippen molar-refractivity contribution in [2.75, 3.05) is 0 Å². The molecule has 6 heteroatoms. The molecule has 0 heterocycles. The summed E-state index contributed by atoms with van der Waals surface area (Å²) in [4.78, 5) is 11.4. The zero-order valence-corrected chi connectivity index (χ0v) is 11.9. The summed E-state index contributed by atoms with van der Waals surface area (Å²) in [7, 11) is 0. The van der Waals surface area contributed by atoms with E-state index < -0.39 is 6.04 Å². The monoisotopic (exact) mass is 296 g/mol. The molecule has 0 bridgehead atoms. The number of carbonyl (C=O) groups is 1. The van der Waals surface area contributed by atoms with Crippen molar-refractivity contribution in [1.29, 1.82) is 0 Å². The molecule has 0 aromatic heterocycles. The number of hydrogen-bond donors (Lipinski definition) is 2. The molecule has 2 atom stereocenters. The Morgan fingerprint density at radius 3 is 2.35 bits per heavy atom. The van der Waals surface area contributed by atoms with Crippen LogP contribution in [0.1, 0.15) is 25.5 Å². The fourth-order valence-corrected chi connectivity index (χ4v) is 1.52. The molecule has 0 aliphatic heterocycles. The lowest BCUT2D eigenvalue weighted by Crippen LogP contribution is -2.39. The molecule has 0 fully saturated rings. The first-order valence-corrected chi connectivity index (χ1v) is 5.68. The van der Waals surface area contributed by atoms with E-state index in [-0.39, 0.29) is 24.4 Å². The Kier molecular flexibility index (Phi) is 6.87. The van der Waals surface area contributed by atoms with Crippen LogP contribution >= 0.6 is 35.6 Å². The van der Waals surface area contributed by atoms with Gasteiger partial charge in [0.15, 0.2) is 0 Å². The van der Waals surface area contributed by atoms with E-state index in [1.807, 2.05) is 13.0 Å². The zero-order chi connectivity index (χ0) is 12.3. The third kappa shape index (κ3) is 4.72. The number of carbonyl (C=O) groups excluding carboxylic acids is 1. The van der Waals surface area contributed by atoms with E-state index >= 15 is 0 Å². The Hall–Kier alpha value is -0.480. The number of benzene rings is 1. The summed E-state index contributed by atoms with van der Waals surface area (Å²) in [6, 6.07) is 4.59. The topological polar surface area (TPSA) is 55.1 Å². The van der Waals surface area contributed by atoms with Crippen LogP contribution in [0.4, 0.5) is 0 Å². The SMILES string of the molecule is CC(N)C(=O)NC(C)c1ccc(Cl)c(Cl)c1.Cl. The maximum absolute atomic E-state index is 11.4. The van der Waals surface area contributed by atoms with Gasteiger partial charge in [-0.2, -0.15) is 0 Å². The first kappa shape index (κ1) is 16.5. The molecule has 0 aliphatic carbocycles. The van der Waals surface area contributed by atoms with E-state index in [0.717, 1.165) is 5.56 Å². The Balaban J connectivity index is 0.00000256. The Bertz CT molecular complexity index is 396. The van der Waals surface area contributed by atoms with Crippen molar-refractivity contribution >= 4 is 41.5 Å². The highest BCUT2D eigenvalue weighted by Gasteiger charge is 2.13. The van der Waals surface area contributed by atoms with Crippen LogP contribution in [0.5, 0.6) is 0 Å². The van der Waals surface area contributed by atoms with Gasteiger partial charge in [-0.05, 0) is 31.5 Å². The lowest BCUT2D eigenvalue weighted by atomic mass is 10.1. The fourth-order valence-electron chi connectivity index (χ4n) is 1.21. The summed E-state index contributed by atoms with van der Waals surface area (Å²) in [5, 5.41) is 3.75. The van der Waals surface area contributed by atoms with Gasteiger partial charge < -0.3 is 11.1 Å². The molecule has 1 aromatic carbocycles. The van der Waals surface area contributed by atoms with Gasteiger partial charge in [-0.3, -0.25) is 4.79 Å². The highest BCUT2D eigenvalue weighted by Crippen LogP contribution is 2.25. The van der Waals surface area contributed by atoms with Crippen molar-refractivity contribution in [3.8, 4) is 0 Å². The summed E-state index contributed by atoms with van der Waals surface area (Å²) < 4.78 is 0. The number of hydrogen-bond acceptors (Lipinski definition) is 2. The molecule has 3 N–H and O–H groups in total. The summed E-state index contributed by atoms with van der Waals surface area (Å²) >= 11 is 11.7. The molecular formula is C11H15Cl3N2O. The van der Waals surface area contributed by atoms with Crippen molar-refractivity contribution < 1.29 is 4.79 Å². The Labute approximate surface area is 117 Å². The molecule has 1 aromatic rings. The fraction of sp³-hybridized carbons (Fsp3) is 0.364. The van der Waals surface area contributed by atoms with Crippen LogP contribution in [0.3, 0.4) is 0 Å². The van der Waals surface area contributed by atoms with Crippen LogP contribution in [0, 0.1) is 0 Å². The summed E-state index contributed by atoms with van der Waals surface area (Å²) in [5.74, 6) is -0.196. The Morgan fingerprint density at radius 1 is 1.29 bits per heavy atom. The first-order chi connectivity index (χ1) is 7.41. The van der Waals surface area contributed by atoms with Crippen LogP contribution < -0.4 is 11.1 Å². The van der Waals surface area contributed by atoms with E-state index in [2.05, 4.69) is 5.32 Å². The van der Waals surface area contributed by atoms with Gasteiger partial charge in [0.2, 0.25) is 5.91 Å². The van der Waals surface area contributed by atoms with Gasteiger partial charge >= 0.3 is 0 Å². The van der Waals surface area contributed by atoms with Crippen molar-refractivity contribution in [2.24, 2.45) is 5.73 Å². The first-order valence-electron chi connectivity index (χ1n) is 4.92. The molecule has 96 valence electrons. The van der Waals surface area contributed by atoms with Gasteiger partial charge in [0.1, 0.15) is 0 Å². The average Bonchev–Trinajstić information content (AvgIpc) is 2.21. The third-order valence-corrected chi connectivity index (χ3v) is 2.96. The largest absolute Gasteiger partial charge is 0.348 e. The van der Waals surface area contributed by atoms with E-state index in [9.17, 15) is 4.79 Å². The molecule has 1 rings (SSSR count). The number of amides is 1. The second kappa shape index (κ2) is 7.07. The molecule has 1 amide bonds. The normalized spacial score (nSPS) is 13.5. The van der Waals surface area contributed by atoms with E-state index in [1.165, 1.54) is 0 Å². The lowest BCUT2D eigenvalue weighted by Gasteiger charge is -2.16. The van der Waals surface area contributed by atoms with E-state index in [0.29, 0.717) is 10.0 Å². The summed E-state index contributed by atoms with van der Waals surface area (Å²) in [6.45, 7) is 3.50. The summed E-state index contributed by atoms with van der Waals surface area (Å²) in [6.07, 6.45) is 0. The predicted molar refractivity (Wildman–Crippen MR) is 73.9 cm³/mol. The number of nitrogens with two attached hydrogens (primary N) is 1. The standard InChI is InChI=1S/C11H14Cl2N2O.ClH/c1-6(14)11(16)15-7(2)8-3-4-9(12)10(13)5-8;/h3-7H,14H2,1-2H3,(H,15,16);1H. The van der Waals surface area contributed by atoms with Crippen molar-refractivity contribution in [2.45, 2.75) is 25.9 Å². The van der Waals surface area contributed by atoms with Gasteiger partial charge in [-0.15, -0.1) is 12.4 Å². The number of nitrogens with one attached hydrogen (secondary N) is 1. The van der Waals surface area contributed by atoms with Gasteiger partial charge in [-0.1, -0.05) is 29.3 Å². The lowest BCUT2D eigenvalue weighted by molar-refractivity contribution is -0.122. The van der Waals surface area contributed by atoms with Gasteiger partial charge in [0.25, 0.3) is 0 Å². The number of halogens is 3. The maximum Gasteiger partial charge on any atom is 0.237 e. The molecular weight excluding hydrogens is 282 g/mol. The van der Waals surface area contributed by atoms with Crippen LogP contribution in [0.15, 0.2) is 18.2 Å². The minimum atomic E-state index is -0.523. The van der Waals surface area contributed by atoms with Crippen LogP contribution in [-0.2, 0) is 4.79 Å². The minimum Gasteiger partial charge on any atom is -0.348 e. The van der Waals surface area contributed by atoms with Crippen LogP contribution in [-0.4, -0.2) is 11.9 Å². The van der Waals surface area contributed by atoms with Crippen molar-refractivity contribution in [1.82, 2.24) is 5.32 Å². The highest BCUT2D eigenvalue weighted by molar-refractivity contribution is 6.42. The molecule has 3 nitrogen and oxygen atoms in total.